The van der Waals surface area contributed by atoms with Crippen LogP contribution in [0, 0.1) is 0 Å². The van der Waals surface area contributed by atoms with Gasteiger partial charge >= 0.3 is 0 Å². The largest absolute Gasteiger partial charge is 0.495 e. The second-order valence-electron chi connectivity index (χ2n) is 14.1. The molecule has 0 atom stereocenters. The number of hydrogen-bond donors (Lipinski definition) is 0. The van der Waals surface area contributed by atoms with Gasteiger partial charge in [-0.2, -0.15) is 0 Å². The Labute approximate surface area is 351 Å². The van der Waals surface area contributed by atoms with Crippen LogP contribution in [0.1, 0.15) is 0 Å². The van der Waals surface area contributed by atoms with Crippen LogP contribution >= 0.6 is 0 Å². The Morgan fingerprint density at radius 3 is 0.967 bits per heavy atom. The zero-order valence-corrected chi connectivity index (χ0v) is 33.9. The lowest BCUT2D eigenvalue weighted by Crippen LogP contribution is -2.18. The van der Waals surface area contributed by atoms with Crippen molar-refractivity contribution in [3.05, 3.63) is 194 Å². The average Bonchev–Trinajstić information content (AvgIpc) is 3.30. The van der Waals surface area contributed by atoms with Crippen LogP contribution in [-0.2, 0) is 0 Å². The predicted molar refractivity (Wildman–Crippen MR) is 243 cm³/mol. The third kappa shape index (κ3) is 7.09. The van der Waals surface area contributed by atoms with E-state index in [0.29, 0.717) is 0 Å². The van der Waals surface area contributed by atoms with Gasteiger partial charge in [-0.3, -0.25) is 0 Å². The van der Waals surface area contributed by atoms with Crippen LogP contribution < -0.4 is 38.5 Å². The van der Waals surface area contributed by atoms with Crippen molar-refractivity contribution in [3.8, 4) is 23.0 Å². The minimum Gasteiger partial charge on any atom is -0.495 e. The van der Waals surface area contributed by atoms with Crippen molar-refractivity contribution in [2.24, 2.45) is 0 Å². The van der Waals surface area contributed by atoms with Crippen LogP contribution in [0.15, 0.2) is 194 Å². The van der Waals surface area contributed by atoms with Crippen molar-refractivity contribution >= 4 is 68.2 Å². The van der Waals surface area contributed by atoms with Gasteiger partial charge in [0.15, 0.2) is 51.4 Å². The summed E-state index contributed by atoms with van der Waals surface area (Å²) in [5.74, 6) is 2.95. The molecule has 3 radical (unpaired) electrons. The van der Waals surface area contributed by atoms with Crippen molar-refractivity contribution in [1.82, 2.24) is 14.7 Å². The quantitative estimate of drug-likeness (QED) is 0.144. The lowest BCUT2D eigenvalue weighted by molar-refractivity contribution is 0.413. The lowest BCUT2D eigenvalue weighted by Gasteiger charge is -2.27. The number of hydrogen-bond acceptors (Lipinski definition) is 8. The highest BCUT2D eigenvalue weighted by Gasteiger charge is 2.38. The molecule has 0 saturated carbocycles. The van der Waals surface area contributed by atoms with E-state index in [-0.39, 0.29) is 0 Å². The van der Waals surface area contributed by atoms with Crippen molar-refractivity contribution in [2.45, 2.75) is 0 Å². The number of anilines is 12. The first-order valence-electron chi connectivity index (χ1n) is 19.7. The molecule has 1 aliphatic heterocycles. The van der Waals surface area contributed by atoms with Gasteiger partial charge in [0.2, 0.25) is 17.1 Å². The molecule has 8 aromatic carbocycles. The summed E-state index contributed by atoms with van der Waals surface area (Å²) < 4.78 is 24.1. The Morgan fingerprint density at radius 1 is 0.300 bits per heavy atom. The number of fused-ring (bicyclic) bond motifs is 8. The molecule has 9 rings (SSSR count). The Morgan fingerprint density at radius 2 is 0.600 bits per heavy atom. The predicted octanol–water partition coefficient (Wildman–Crippen LogP) is 13.8. The van der Waals surface area contributed by atoms with E-state index in [1.165, 1.54) is 0 Å². The van der Waals surface area contributed by atoms with Gasteiger partial charge in [0.1, 0.15) is 5.75 Å². The number of benzene rings is 8. The fourth-order valence-electron chi connectivity index (χ4n) is 8.05. The van der Waals surface area contributed by atoms with Crippen molar-refractivity contribution in [1.29, 1.82) is 0 Å². The maximum Gasteiger partial charge on any atom is 0.234 e. The second-order valence-corrected chi connectivity index (χ2v) is 14.1. The average molecular weight is 789 g/mol. The van der Waals surface area contributed by atoms with Crippen LogP contribution in [0.4, 0.5) is 68.2 Å². The molecule has 1 aliphatic rings. The Kier molecular flexibility index (Phi) is 10.7. The molecule has 60 heavy (non-hydrogen) atoms. The molecule has 8 bridgehead atoms. The van der Waals surface area contributed by atoms with Crippen LogP contribution in [0.2, 0.25) is 0 Å². The molecule has 0 spiro atoms. The highest BCUT2D eigenvalue weighted by molar-refractivity contribution is 5.85. The van der Waals surface area contributed by atoms with E-state index in [4.69, 9.17) is 18.9 Å². The third-order valence-corrected chi connectivity index (χ3v) is 10.7. The molecule has 1 heterocycles. The first-order chi connectivity index (χ1) is 29.6. The number of methoxy groups -OCH3 is 4. The molecular weight excluding hydrogens is 745 g/mol. The fourth-order valence-corrected chi connectivity index (χ4v) is 8.05. The molecule has 293 valence electrons. The minimum absolute atomic E-state index is 0.739. The molecular formula is C52H44N4O4+3. The zero-order chi connectivity index (χ0) is 41.0. The van der Waals surface area contributed by atoms with Gasteiger partial charge in [-0.05, 0) is 54.6 Å². The van der Waals surface area contributed by atoms with Crippen molar-refractivity contribution in [2.75, 3.05) is 33.3 Å². The maximum atomic E-state index is 6.04. The Hall–Kier alpha value is -7.36. The van der Waals surface area contributed by atoms with E-state index in [9.17, 15) is 0 Å². The van der Waals surface area contributed by atoms with Gasteiger partial charge in [-0.15, -0.1) is 0 Å². The van der Waals surface area contributed by atoms with Crippen molar-refractivity contribution < 1.29 is 18.9 Å². The topological polar surface area (TPSA) is 57.9 Å². The monoisotopic (exact) mass is 788 g/mol. The minimum atomic E-state index is 0.739. The van der Waals surface area contributed by atoms with Crippen LogP contribution in [-0.4, -0.2) is 28.4 Å². The summed E-state index contributed by atoms with van der Waals surface area (Å²) in [5.41, 5.74) is 11.0. The summed E-state index contributed by atoms with van der Waals surface area (Å²) in [4.78, 5) is 8.98. The van der Waals surface area contributed by atoms with Crippen LogP contribution in [0.5, 0.6) is 23.0 Å². The van der Waals surface area contributed by atoms with E-state index in [1.807, 2.05) is 72.8 Å². The summed E-state index contributed by atoms with van der Waals surface area (Å²) in [6.07, 6.45) is 0. The van der Waals surface area contributed by atoms with Gasteiger partial charge in [0.25, 0.3) is 0 Å². The smallest absolute Gasteiger partial charge is 0.234 e. The zero-order valence-electron chi connectivity index (χ0n) is 33.9. The van der Waals surface area contributed by atoms with Crippen LogP contribution in [0.25, 0.3) is 0 Å². The number of para-hydroxylation sites is 8. The van der Waals surface area contributed by atoms with E-state index < -0.39 is 0 Å². The first kappa shape index (κ1) is 38.2. The SMILES string of the molecule is COc1ccccc1N1c2cccc(c2)[N+](c2ccccc2OC)c2cccc(c2)[N+](c2ccccc2OC)c2cccc(c2)[N+](c2ccccc2OC)c2cccc1c2. The third-order valence-electron chi connectivity index (χ3n) is 10.7. The van der Waals surface area contributed by atoms with E-state index in [2.05, 4.69) is 141 Å². The summed E-state index contributed by atoms with van der Waals surface area (Å²) >= 11 is 0. The molecule has 0 unspecified atom stereocenters. The molecule has 8 aromatic rings. The molecule has 0 fully saturated rings. The maximum absolute atomic E-state index is 6.04. The van der Waals surface area contributed by atoms with E-state index in [0.717, 1.165) is 91.2 Å². The normalized spacial score (nSPS) is 13.1. The molecule has 8 heteroatoms. The van der Waals surface area contributed by atoms with Gasteiger partial charge in [0, 0.05) is 66.7 Å². The summed E-state index contributed by atoms with van der Waals surface area (Å²) in [6, 6.07) is 66.8. The molecule has 0 aromatic heterocycles. The van der Waals surface area contributed by atoms with Gasteiger partial charge in [0.05, 0.1) is 57.6 Å². The Bertz CT molecular complexity index is 2330. The van der Waals surface area contributed by atoms with Gasteiger partial charge < -0.3 is 23.8 Å². The highest BCUT2D eigenvalue weighted by atomic mass is 16.5. The molecule has 0 aliphatic carbocycles. The summed E-state index contributed by atoms with van der Waals surface area (Å²) in [7, 11) is 6.85. The van der Waals surface area contributed by atoms with E-state index in [1.54, 1.807) is 28.4 Å². The molecule has 0 amide bonds. The van der Waals surface area contributed by atoms with Gasteiger partial charge in [-0.25, -0.2) is 0 Å². The Balaban J connectivity index is 1.40. The van der Waals surface area contributed by atoms with Crippen molar-refractivity contribution in [3.63, 3.8) is 0 Å². The first-order valence-corrected chi connectivity index (χ1v) is 19.7. The summed E-state index contributed by atoms with van der Waals surface area (Å²) in [5, 5.41) is 0. The number of ether oxygens (including phenoxy) is 4. The lowest BCUT2D eigenvalue weighted by atomic mass is 10.1. The molecule has 8 nitrogen and oxygen atoms in total. The summed E-state index contributed by atoms with van der Waals surface area (Å²) in [6.45, 7) is 0. The van der Waals surface area contributed by atoms with E-state index >= 15 is 0 Å². The number of rotatable bonds is 8. The highest BCUT2D eigenvalue weighted by Crippen LogP contribution is 2.49. The van der Waals surface area contributed by atoms with Crippen LogP contribution in [0.3, 0.4) is 0 Å². The molecule has 0 saturated heterocycles. The standard InChI is InChI=1S/C52H44N4O4/c1-57-49-29-9-5-25-45(49)53-37-17-13-19-39(33-37)54(46-26-6-10-30-50(46)58-2)41-21-15-23-43(35-41)56(48-28-8-12-32-52(48)60-4)44-24-16-22-42(36-44)55(40-20-14-18-38(53)34-40)47-27-7-11-31-51(47)59-3/h5-36H,1-4H3/q+3. The molecule has 0 N–H and O–H groups in total. The van der Waals surface area contributed by atoms with Gasteiger partial charge in [-0.1, -0.05) is 75.4 Å². The second kappa shape index (κ2) is 16.9. The fraction of sp³-hybridized carbons (Fsp3) is 0.0769. The number of nitrogens with zero attached hydrogens (tertiary/aromatic N) is 4.